The molecule has 0 aliphatic carbocycles. The van der Waals surface area contributed by atoms with Crippen LogP contribution in [0.2, 0.25) is 0 Å². The van der Waals surface area contributed by atoms with E-state index in [0.717, 1.165) is 14.7 Å². The van der Waals surface area contributed by atoms with E-state index >= 15 is 0 Å². The Bertz CT molecular complexity index is 1040. The number of aromatic nitrogens is 2. The Kier molecular flexibility index (Phi) is 3.93. The molecular formula is C18H12F2N2O2S. The van der Waals surface area contributed by atoms with Crippen LogP contribution in [0, 0.1) is 0 Å². The van der Waals surface area contributed by atoms with Crippen LogP contribution >= 0.6 is 11.3 Å². The van der Waals surface area contributed by atoms with Crippen molar-refractivity contribution in [1.29, 1.82) is 0 Å². The van der Waals surface area contributed by atoms with Crippen molar-refractivity contribution in [2.75, 3.05) is 0 Å². The molecule has 4 aromatic rings. The molecule has 0 aliphatic rings. The molecule has 0 amide bonds. The van der Waals surface area contributed by atoms with E-state index in [2.05, 4.69) is 4.98 Å². The predicted octanol–water partition coefficient (Wildman–Crippen LogP) is 5.00. The molecule has 0 radical (unpaired) electrons. The van der Waals surface area contributed by atoms with Crippen molar-refractivity contribution in [3.8, 4) is 0 Å². The van der Waals surface area contributed by atoms with E-state index in [-0.39, 0.29) is 12.4 Å². The molecule has 0 bridgehead atoms. The third-order valence-corrected chi connectivity index (χ3v) is 4.92. The van der Waals surface area contributed by atoms with Gasteiger partial charge in [-0.15, -0.1) is 11.3 Å². The summed E-state index contributed by atoms with van der Waals surface area (Å²) in [5.41, 5.74) is 0.751. The van der Waals surface area contributed by atoms with Crippen LogP contribution in [0.4, 0.5) is 8.78 Å². The van der Waals surface area contributed by atoms with Crippen molar-refractivity contribution in [3.05, 3.63) is 65.3 Å². The summed E-state index contributed by atoms with van der Waals surface area (Å²) in [7, 11) is 0. The maximum Gasteiger partial charge on any atom is 0.348 e. The lowest BCUT2D eigenvalue weighted by Crippen LogP contribution is -2.09. The zero-order valence-corrected chi connectivity index (χ0v) is 13.7. The summed E-state index contributed by atoms with van der Waals surface area (Å²) >= 11 is 1.31. The van der Waals surface area contributed by atoms with Crippen molar-refractivity contribution >= 4 is 38.4 Å². The second-order valence-electron chi connectivity index (χ2n) is 5.39. The number of benzene rings is 2. The Morgan fingerprint density at radius 2 is 1.92 bits per heavy atom. The number of alkyl halides is 2. The van der Waals surface area contributed by atoms with Gasteiger partial charge in [0.25, 0.3) is 0 Å². The van der Waals surface area contributed by atoms with Crippen molar-refractivity contribution in [3.63, 3.8) is 0 Å². The van der Waals surface area contributed by atoms with Gasteiger partial charge in [0, 0.05) is 4.70 Å². The molecule has 0 unspecified atom stereocenters. The molecular weight excluding hydrogens is 346 g/mol. The minimum atomic E-state index is -2.76. The molecule has 0 atom stereocenters. The predicted molar refractivity (Wildman–Crippen MR) is 91.9 cm³/mol. The first-order chi connectivity index (χ1) is 12.1. The molecule has 2 aromatic carbocycles. The molecule has 0 spiro atoms. The topological polar surface area (TPSA) is 44.1 Å². The number of rotatable bonds is 4. The summed E-state index contributed by atoms with van der Waals surface area (Å²) in [6.45, 7) is -3.07. The van der Waals surface area contributed by atoms with Gasteiger partial charge >= 0.3 is 12.5 Å². The highest BCUT2D eigenvalue weighted by Gasteiger charge is 2.19. The number of nitrogens with zero attached hydrogens (tertiary/aromatic N) is 2. The lowest BCUT2D eigenvalue weighted by molar-refractivity contribution is 0.0392. The summed E-state index contributed by atoms with van der Waals surface area (Å²) in [6, 6.07) is 15.9. The van der Waals surface area contributed by atoms with Crippen LogP contribution in [0.25, 0.3) is 21.1 Å². The Morgan fingerprint density at radius 3 is 2.72 bits per heavy atom. The lowest BCUT2D eigenvalue weighted by Gasteiger charge is -2.08. The van der Waals surface area contributed by atoms with Gasteiger partial charge in [-0.3, -0.25) is 4.57 Å². The summed E-state index contributed by atoms with van der Waals surface area (Å²) in [4.78, 5) is 16.8. The number of carbonyl (C=O) groups excluding carboxylic acids is 1. The van der Waals surface area contributed by atoms with Gasteiger partial charge in [0.15, 0.2) is 5.82 Å². The SMILES string of the molecule is O=C(OCc1nc2ccccc2n1C(F)F)c1cc2ccccc2s1. The molecule has 0 fully saturated rings. The van der Waals surface area contributed by atoms with E-state index in [1.807, 2.05) is 24.3 Å². The van der Waals surface area contributed by atoms with Gasteiger partial charge in [-0.2, -0.15) is 8.78 Å². The fourth-order valence-corrected chi connectivity index (χ4v) is 3.65. The van der Waals surface area contributed by atoms with Crippen molar-refractivity contribution in [2.24, 2.45) is 0 Å². The van der Waals surface area contributed by atoms with Crippen molar-refractivity contribution in [1.82, 2.24) is 9.55 Å². The van der Waals surface area contributed by atoms with E-state index in [9.17, 15) is 13.6 Å². The maximum atomic E-state index is 13.4. The second kappa shape index (κ2) is 6.25. The molecule has 0 aliphatic heterocycles. The zero-order chi connectivity index (χ0) is 17.4. The fraction of sp³-hybridized carbons (Fsp3) is 0.111. The van der Waals surface area contributed by atoms with Gasteiger partial charge in [0.1, 0.15) is 11.5 Å². The van der Waals surface area contributed by atoms with Crippen LogP contribution in [0.15, 0.2) is 54.6 Å². The first kappa shape index (κ1) is 15.7. The number of hydrogen-bond acceptors (Lipinski definition) is 4. The van der Waals surface area contributed by atoms with Crippen molar-refractivity contribution in [2.45, 2.75) is 13.2 Å². The van der Waals surface area contributed by atoms with Crippen LogP contribution in [0.5, 0.6) is 0 Å². The molecule has 4 rings (SSSR count). The number of halogens is 2. The van der Waals surface area contributed by atoms with Gasteiger partial charge in [0.05, 0.1) is 11.0 Å². The third kappa shape index (κ3) is 2.87. The summed E-state index contributed by atoms with van der Waals surface area (Å²) < 4.78 is 33.7. The van der Waals surface area contributed by atoms with Gasteiger partial charge in [-0.05, 0) is 29.7 Å². The van der Waals surface area contributed by atoms with Gasteiger partial charge in [-0.1, -0.05) is 30.3 Å². The van der Waals surface area contributed by atoms with Crippen molar-refractivity contribution < 1.29 is 18.3 Å². The molecule has 7 heteroatoms. The average Bonchev–Trinajstić information content (AvgIpc) is 3.20. The Hall–Kier alpha value is -2.80. The number of carbonyl (C=O) groups is 1. The third-order valence-electron chi connectivity index (χ3n) is 3.82. The molecule has 0 saturated heterocycles. The highest BCUT2D eigenvalue weighted by molar-refractivity contribution is 7.20. The highest BCUT2D eigenvalue weighted by atomic mass is 32.1. The number of ether oxygens (including phenoxy) is 1. The largest absolute Gasteiger partial charge is 0.453 e. The van der Waals surface area contributed by atoms with E-state index in [1.54, 1.807) is 30.3 Å². The van der Waals surface area contributed by atoms with E-state index < -0.39 is 12.5 Å². The summed E-state index contributed by atoms with van der Waals surface area (Å²) in [5, 5.41) is 0.944. The fourth-order valence-electron chi connectivity index (χ4n) is 2.70. The lowest BCUT2D eigenvalue weighted by atomic mass is 10.2. The monoisotopic (exact) mass is 358 g/mol. The molecule has 0 N–H and O–H groups in total. The minimum Gasteiger partial charge on any atom is -0.453 e. The van der Waals surface area contributed by atoms with Gasteiger partial charge < -0.3 is 4.74 Å². The average molecular weight is 358 g/mol. The molecule has 126 valence electrons. The second-order valence-corrected chi connectivity index (χ2v) is 6.47. The number of thiophene rings is 1. The molecule has 4 nitrogen and oxygen atoms in total. The van der Waals surface area contributed by atoms with Crippen LogP contribution in [-0.4, -0.2) is 15.5 Å². The van der Waals surface area contributed by atoms with Gasteiger partial charge in [0.2, 0.25) is 0 Å². The van der Waals surface area contributed by atoms with Crippen LogP contribution in [-0.2, 0) is 11.3 Å². The zero-order valence-electron chi connectivity index (χ0n) is 12.9. The van der Waals surface area contributed by atoms with E-state index in [4.69, 9.17) is 4.74 Å². The highest BCUT2D eigenvalue weighted by Crippen LogP contribution is 2.27. The molecule has 2 heterocycles. The van der Waals surface area contributed by atoms with Crippen LogP contribution in [0.1, 0.15) is 22.0 Å². The number of esters is 1. The first-order valence-corrected chi connectivity index (χ1v) is 8.35. The molecule has 2 aromatic heterocycles. The number of imidazole rings is 1. The maximum absolute atomic E-state index is 13.4. The molecule has 0 saturated carbocycles. The Labute approximate surface area is 145 Å². The Balaban J connectivity index is 1.59. The Morgan fingerprint density at radius 1 is 1.16 bits per heavy atom. The summed E-state index contributed by atoms with van der Waals surface area (Å²) in [5.74, 6) is -0.528. The minimum absolute atomic E-state index is 0.0191. The number of hydrogen-bond donors (Lipinski definition) is 0. The number of fused-ring (bicyclic) bond motifs is 2. The normalized spacial score (nSPS) is 11.5. The smallest absolute Gasteiger partial charge is 0.348 e. The quantitative estimate of drug-likeness (QED) is 0.482. The summed E-state index contributed by atoms with van der Waals surface area (Å²) in [6.07, 6.45) is 0. The van der Waals surface area contributed by atoms with Crippen LogP contribution < -0.4 is 0 Å². The standard InChI is InChI=1S/C18H12F2N2O2S/c19-18(20)22-13-7-3-2-6-12(13)21-16(22)10-24-17(23)15-9-11-5-1-4-8-14(11)25-15/h1-9,18H,10H2. The number of para-hydroxylation sites is 2. The first-order valence-electron chi connectivity index (χ1n) is 7.53. The van der Waals surface area contributed by atoms with Crippen LogP contribution in [0.3, 0.4) is 0 Å². The molecule has 25 heavy (non-hydrogen) atoms. The van der Waals surface area contributed by atoms with Gasteiger partial charge in [-0.25, -0.2) is 9.78 Å². The van der Waals surface area contributed by atoms with E-state index in [1.165, 1.54) is 11.3 Å². The van der Waals surface area contributed by atoms with E-state index in [0.29, 0.717) is 15.9 Å².